The predicted molar refractivity (Wildman–Crippen MR) is 121 cm³/mol. The number of aliphatic hydroxyl groups is 1. The van der Waals surface area contributed by atoms with E-state index in [4.69, 9.17) is 0 Å². The molecule has 0 amide bonds. The first-order chi connectivity index (χ1) is 14.8. The van der Waals surface area contributed by atoms with Gasteiger partial charge in [-0.2, -0.15) is 0 Å². The van der Waals surface area contributed by atoms with Gasteiger partial charge in [0.05, 0.1) is 0 Å². The molecule has 2 nitrogen and oxygen atoms in total. The molecule has 0 aromatic heterocycles. The van der Waals surface area contributed by atoms with E-state index < -0.39 is 11.6 Å². The van der Waals surface area contributed by atoms with Gasteiger partial charge < -0.3 is 5.11 Å². The fraction of sp³-hybridized carbons (Fsp3) is 0.143. The number of hydrogen-bond acceptors (Lipinski definition) is 2. The fourth-order valence-corrected chi connectivity index (χ4v) is 4.86. The van der Waals surface area contributed by atoms with Gasteiger partial charge in [0.1, 0.15) is 11.6 Å². The molecule has 0 radical (unpaired) electrons. The van der Waals surface area contributed by atoms with Crippen LogP contribution in [-0.2, 0) is 18.6 Å². The van der Waals surface area contributed by atoms with E-state index in [2.05, 4.69) is 77.7 Å². The summed E-state index contributed by atoms with van der Waals surface area (Å²) in [6.07, 6.45) is -0.724. The average molecular weight is 392 g/mol. The fourth-order valence-electron chi connectivity index (χ4n) is 4.86. The Labute approximate surface area is 178 Å². The van der Waals surface area contributed by atoms with E-state index in [1.54, 1.807) is 0 Å². The molecule has 0 saturated carbocycles. The number of nitrogens with zero attached hydrogens (tertiary/aromatic N) is 1. The first kappa shape index (κ1) is 18.8. The van der Waals surface area contributed by atoms with Gasteiger partial charge in [-0.1, -0.05) is 115 Å². The first-order valence-electron chi connectivity index (χ1n) is 10.5. The molecule has 0 unspecified atom stereocenters. The lowest BCUT2D eigenvalue weighted by atomic mass is 9.74. The van der Waals surface area contributed by atoms with Crippen LogP contribution in [0.4, 0.5) is 0 Å². The van der Waals surface area contributed by atoms with Crippen molar-refractivity contribution in [2.45, 2.75) is 24.7 Å². The van der Waals surface area contributed by atoms with Crippen molar-refractivity contribution in [1.82, 2.24) is 4.90 Å². The van der Waals surface area contributed by atoms with Crippen LogP contribution < -0.4 is 0 Å². The smallest absolute Gasteiger partial charge is 0.106 e. The predicted octanol–water partition coefficient (Wildman–Crippen LogP) is 5.68. The minimum absolute atomic E-state index is 0.705. The second-order valence-electron chi connectivity index (χ2n) is 7.94. The minimum atomic E-state index is -0.724. The van der Waals surface area contributed by atoms with Crippen LogP contribution in [0.1, 0.15) is 33.9 Å². The van der Waals surface area contributed by atoms with E-state index in [1.165, 1.54) is 11.1 Å². The van der Waals surface area contributed by atoms with E-state index in [0.29, 0.717) is 0 Å². The molecule has 4 aromatic carbocycles. The van der Waals surface area contributed by atoms with Gasteiger partial charge in [0.2, 0.25) is 0 Å². The van der Waals surface area contributed by atoms with Crippen LogP contribution in [0.15, 0.2) is 115 Å². The third kappa shape index (κ3) is 3.06. The highest BCUT2D eigenvalue weighted by atomic mass is 16.3. The van der Waals surface area contributed by atoms with Gasteiger partial charge in [0, 0.05) is 13.1 Å². The highest BCUT2D eigenvalue weighted by Gasteiger charge is 2.48. The van der Waals surface area contributed by atoms with Gasteiger partial charge in [0.25, 0.3) is 0 Å². The van der Waals surface area contributed by atoms with Crippen molar-refractivity contribution in [1.29, 1.82) is 0 Å². The monoisotopic (exact) mass is 391 g/mol. The Morgan fingerprint density at radius 3 is 1.43 bits per heavy atom. The van der Waals surface area contributed by atoms with Crippen molar-refractivity contribution in [3.63, 3.8) is 0 Å². The largest absolute Gasteiger partial charge is 0.386 e. The van der Waals surface area contributed by atoms with Gasteiger partial charge >= 0.3 is 0 Å². The van der Waals surface area contributed by atoms with Crippen molar-refractivity contribution in [3.8, 4) is 0 Å². The average Bonchev–Trinajstić information content (AvgIpc) is 3.26. The quantitative estimate of drug-likeness (QED) is 0.473. The maximum Gasteiger partial charge on any atom is 0.106 e. The van der Waals surface area contributed by atoms with Crippen molar-refractivity contribution in [3.05, 3.63) is 143 Å². The van der Waals surface area contributed by atoms with Crippen LogP contribution >= 0.6 is 0 Å². The summed E-state index contributed by atoms with van der Waals surface area (Å²) in [5, 5.41) is 12.0. The maximum absolute atomic E-state index is 12.0. The van der Waals surface area contributed by atoms with Gasteiger partial charge in [-0.15, -0.1) is 0 Å². The van der Waals surface area contributed by atoms with Gasteiger partial charge in [-0.05, 0) is 27.8 Å². The molecule has 1 aliphatic heterocycles. The van der Waals surface area contributed by atoms with Crippen molar-refractivity contribution in [2.75, 3.05) is 0 Å². The van der Waals surface area contributed by atoms with E-state index in [9.17, 15) is 5.11 Å². The highest BCUT2D eigenvalue weighted by molar-refractivity contribution is 5.45. The molecule has 0 spiro atoms. The lowest BCUT2D eigenvalue weighted by Gasteiger charge is -2.46. The third-order valence-electron chi connectivity index (χ3n) is 6.28. The molecule has 148 valence electrons. The van der Waals surface area contributed by atoms with Crippen LogP contribution in [0, 0.1) is 0 Å². The lowest BCUT2D eigenvalue weighted by molar-refractivity contribution is -0.0158. The molecule has 30 heavy (non-hydrogen) atoms. The molecular formula is C28H25NO. The summed E-state index contributed by atoms with van der Waals surface area (Å²) in [6.45, 7) is 1.59. The van der Waals surface area contributed by atoms with E-state index in [-0.39, 0.29) is 0 Å². The summed E-state index contributed by atoms with van der Waals surface area (Å²) in [6, 6.07) is 39.5. The minimum Gasteiger partial charge on any atom is -0.386 e. The molecule has 2 heteroatoms. The van der Waals surface area contributed by atoms with Crippen LogP contribution in [-0.4, -0.2) is 10.0 Å². The van der Waals surface area contributed by atoms with E-state index in [1.807, 2.05) is 42.5 Å². The standard InChI is InChI=1S/C28H25NO/c30-27(22-12-4-1-5-13-22)28(25-16-6-2-7-17-25,26-18-8-3-9-19-26)29-20-23-14-10-11-15-24(23)21-29/h1-19,27,30H,20-21H2/t27-/m0/s1. The Balaban J connectivity index is 1.76. The molecule has 1 heterocycles. The molecule has 1 aliphatic rings. The zero-order valence-electron chi connectivity index (χ0n) is 16.9. The Kier molecular flexibility index (Phi) is 4.96. The van der Waals surface area contributed by atoms with Crippen LogP contribution in [0.5, 0.6) is 0 Å². The normalized spacial score (nSPS) is 15.0. The molecule has 0 aliphatic carbocycles. The molecule has 5 rings (SSSR count). The second-order valence-corrected chi connectivity index (χ2v) is 7.94. The lowest BCUT2D eigenvalue weighted by Crippen LogP contribution is -2.49. The van der Waals surface area contributed by atoms with Crippen LogP contribution in [0.2, 0.25) is 0 Å². The molecular weight excluding hydrogens is 366 g/mol. The Hall–Kier alpha value is -3.20. The maximum atomic E-state index is 12.0. The summed E-state index contributed by atoms with van der Waals surface area (Å²) < 4.78 is 0. The second kappa shape index (κ2) is 7.91. The number of aliphatic hydroxyl groups excluding tert-OH is 1. The first-order valence-corrected chi connectivity index (χ1v) is 10.5. The Morgan fingerprint density at radius 1 is 0.567 bits per heavy atom. The van der Waals surface area contributed by atoms with Crippen molar-refractivity contribution in [2.24, 2.45) is 0 Å². The van der Waals surface area contributed by atoms with Gasteiger partial charge in [-0.25, -0.2) is 0 Å². The number of benzene rings is 4. The summed E-state index contributed by atoms with van der Waals surface area (Å²) in [5.41, 5.74) is 5.06. The van der Waals surface area contributed by atoms with E-state index in [0.717, 1.165) is 29.8 Å². The molecule has 0 fully saturated rings. The van der Waals surface area contributed by atoms with Crippen LogP contribution in [0.3, 0.4) is 0 Å². The van der Waals surface area contributed by atoms with Gasteiger partial charge in [0.15, 0.2) is 0 Å². The highest BCUT2D eigenvalue weighted by Crippen LogP contribution is 2.49. The zero-order valence-corrected chi connectivity index (χ0v) is 16.9. The number of hydrogen-bond donors (Lipinski definition) is 1. The molecule has 0 bridgehead atoms. The topological polar surface area (TPSA) is 23.5 Å². The summed E-state index contributed by atoms with van der Waals surface area (Å²) in [4.78, 5) is 2.43. The van der Waals surface area contributed by atoms with Crippen molar-refractivity contribution < 1.29 is 5.11 Å². The number of fused-ring (bicyclic) bond motifs is 1. The molecule has 0 saturated heterocycles. The Morgan fingerprint density at radius 2 is 0.967 bits per heavy atom. The van der Waals surface area contributed by atoms with Gasteiger partial charge in [-0.3, -0.25) is 4.90 Å². The Bertz CT molecular complexity index is 1040. The summed E-state index contributed by atoms with van der Waals surface area (Å²) in [5.74, 6) is 0. The van der Waals surface area contributed by atoms with Crippen molar-refractivity contribution >= 4 is 0 Å². The molecule has 1 N–H and O–H groups in total. The number of rotatable bonds is 5. The zero-order chi connectivity index (χ0) is 20.4. The third-order valence-corrected chi connectivity index (χ3v) is 6.28. The summed E-state index contributed by atoms with van der Waals surface area (Å²) >= 11 is 0. The van der Waals surface area contributed by atoms with Crippen LogP contribution in [0.25, 0.3) is 0 Å². The van der Waals surface area contributed by atoms with E-state index >= 15 is 0 Å². The summed E-state index contributed by atoms with van der Waals surface area (Å²) in [7, 11) is 0. The molecule has 1 atom stereocenters. The molecule has 4 aromatic rings. The SMILES string of the molecule is O[C@@H](c1ccccc1)C(c1ccccc1)(c1ccccc1)N1Cc2ccccc2C1.